The van der Waals surface area contributed by atoms with Gasteiger partial charge in [0.05, 0.1) is 11.3 Å². The number of likely N-dealkylation sites (N-methyl/N-ethyl adjacent to an activating group) is 1. The van der Waals surface area contributed by atoms with Gasteiger partial charge in [0.25, 0.3) is 5.91 Å². The molecule has 2 saturated heterocycles. The number of fused-ring (bicyclic) bond motifs is 3. The fourth-order valence-electron chi connectivity index (χ4n) is 4.69. The van der Waals surface area contributed by atoms with Crippen LogP contribution in [0.15, 0.2) is 48.7 Å². The van der Waals surface area contributed by atoms with Crippen molar-refractivity contribution in [3.8, 4) is 5.69 Å². The Morgan fingerprint density at radius 1 is 1.30 bits per heavy atom. The molecular weight excluding hydrogens is 338 g/mol. The van der Waals surface area contributed by atoms with E-state index >= 15 is 0 Å². The molecule has 5 rings (SSSR count). The summed E-state index contributed by atoms with van der Waals surface area (Å²) in [5, 5.41) is 9.21. The number of nitrogens with zero attached hydrogens (tertiary/aromatic N) is 3. The largest absolute Gasteiger partial charge is 0.366 e. The lowest BCUT2D eigenvalue weighted by molar-refractivity contribution is 0.100. The predicted octanol–water partition coefficient (Wildman–Crippen LogP) is 1.71. The number of rotatable bonds is 4. The number of carbonyl (C=O) groups excluding carboxylic acids is 1. The minimum Gasteiger partial charge on any atom is -0.366 e. The summed E-state index contributed by atoms with van der Waals surface area (Å²) in [6.45, 7) is 2.20. The van der Waals surface area contributed by atoms with Gasteiger partial charge < -0.3 is 16.0 Å². The maximum absolute atomic E-state index is 11.6. The first-order valence-corrected chi connectivity index (χ1v) is 9.36. The van der Waals surface area contributed by atoms with E-state index in [1.807, 2.05) is 23.0 Å². The third-order valence-electron chi connectivity index (χ3n) is 6.06. The third-order valence-corrected chi connectivity index (χ3v) is 6.06. The molecule has 2 aliphatic rings. The molecule has 0 spiro atoms. The molecule has 6 heteroatoms. The molecule has 2 atom stereocenters. The Balaban J connectivity index is 1.41. The van der Waals surface area contributed by atoms with Crippen LogP contribution in [0.3, 0.4) is 0 Å². The molecule has 2 bridgehead atoms. The second kappa shape index (κ2) is 5.90. The number of hydrogen-bond donors (Lipinski definition) is 2. The molecular formula is C21H23N5O. The number of hydrogen-bond acceptors (Lipinski definition) is 4. The smallest absolute Gasteiger partial charge is 0.250 e. The van der Waals surface area contributed by atoms with E-state index in [2.05, 4.69) is 46.6 Å². The van der Waals surface area contributed by atoms with Crippen LogP contribution in [-0.2, 0) is 6.42 Å². The molecule has 3 aromatic rings. The van der Waals surface area contributed by atoms with Crippen LogP contribution in [0.1, 0.15) is 22.3 Å². The molecule has 2 aliphatic heterocycles. The van der Waals surface area contributed by atoms with E-state index in [0.29, 0.717) is 17.1 Å². The number of nitrogens with two attached hydrogens (primary N) is 1. The maximum Gasteiger partial charge on any atom is 0.250 e. The lowest BCUT2D eigenvalue weighted by Crippen LogP contribution is -2.51. The highest BCUT2D eigenvalue weighted by atomic mass is 16.1. The number of nitrogens with one attached hydrogen (secondary N) is 1. The van der Waals surface area contributed by atoms with Crippen molar-refractivity contribution in [1.29, 1.82) is 0 Å². The van der Waals surface area contributed by atoms with Crippen LogP contribution in [-0.4, -0.2) is 52.3 Å². The standard InChI is InChI=1S/C21H23N5O/c1-25-13-21(10-17(25)11-23-21)9-14-5-7-16(8-6-14)26-12-15-3-2-4-18(20(22)27)19(15)24-26/h2-8,12,17,23H,9-11,13H2,1H3,(H2,22,27). The van der Waals surface area contributed by atoms with Gasteiger partial charge in [0.2, 0.25) is 0 Å². The molecule has 3 N–H and O–H groups in total. The van der Waals surface area contributed by atoms with Gasteiger partial charge >= 0.3 is 0 Å². The molecule has 27 heavy (non-hydrogen) atoms. The Bertz CT molecular complexity index is 1020. The third kappa shape index (κ3) is 2.72. The minimum absolute atomic E-state index is 0.220. The molecule has 0 aliphatic carbocycles. The zero-order valence-electron chi connectivity index (χ0n) is 15.4. The van der Waals surface area contributed by atoms with Gasteiger partial charge in [0, 0.05) is 36.3 Å². The van der Waals surface area contributed by atoms with Gasteiger partial charge in [0.15, 0.2) is 0 Å². The van der Waals surface area contributed by atoms with Crippen molar-refractivity contribution in [3.05, 3.63) is 59.8 Å². The first kappa shape index (κ1) is 16.5. The SMILES string of the molecule is CN1CC2(Cc3ccc(-n4cc5cccc(C(N)=O)c5n4)cc3)CC1CN2. The monoisotopic (exact) mass is 361 g/mol. The number of benzene rings is 2. The Hall–Kier alpha value is -2.70. The first-order chi connectivity index (χ1) is 13.0. The average Bonchev–Trinajstić information content (AvgIpc) is 3.33. The van der Waals surface area contributed by atoms with Crippen molar-refractivity contribution in [3.63, 3.8) is 0 Å². The molecule has 2 unspecified atom stereocenters. The van der Waals surface area contributed by atoms with Crippen molar-refractivity contribution in [2.45, 2.75) is 24.4 Å². The highest BCUT2D eigenvalue weighted by molar-refractivity contribution is 6.04. The summed E-state index contributed by atoms with van der Waals surface area (Å²) < 4.78 is 1.81. The number of amides is 1. The van der Waals surface area contributed by atoms with Crippen molar-refractivity contribution < 1.29 is 4.79 Å². The lowest BCUT2D eigenvalue weighted by atomic mass is 9.91. The summed E-state index contributed by atoms with van der Waals surface area (Å²) in [4.78, 5) is 14.1. The first-order valence-electron chi connectivity index (χ1n) is 9.36. The molecule has 6 nitrogen and oxygen atoms in total. The number of carbonyl (C=O) groups is 1. The van der Waals surface area contributed by atoms with E-state index < -0.39 is 5.91 Å². The van der Waals surface area contributed by atoms with Crippen LogP contribution in [0.25, 0.3) is 16.6 Å². The van der Waals surface area contributed by atoms with Gasteiger partial charge in [-0.2, -0.15) is 5.10 Å². The Morgan fingerprint density at radius 3 is 2.78 bits per heavy atom. The van der Waals surface area contributed by atoms with Gasteiger partial charge in [-0.25, -0.2) is 4.68 Å². The Morgan fingerprint density at radius 2 is 2.11 bits per heavy atom. The fourth-order valence-corrected chi connectivity index (χ4v) is 4.69. The number of primary amides is 1. The van der Waals surface area contributed by atoms with Crippen LogP contribution < -0.4 is 11.1 Å². The van der Waals surface area contributed by atoms with Crippen LogP contribution in [0.4, 0.5) is 0 Å². The molecule has 138 valence electrons. The zero-order valence-corrected chi connectivity index (χ0v) is 15.4. The van der Waals surface area contributed by atoms with E-state index in [1.165, 1.54) is 12.0 Å². The highest BCUT2D eigenvalue weighted by Gasteiger charge is 2.47. The fraction of sp³-hybridized carbons (Fsp3) is 0.333. The van der Waals surface area contributed by atoms with Crippen molar-refractivity contribution in [2.75, 3.05) is 20.1 Å². The van der Waals surface area contributed by atoms with Gasteiger partial charge in [0.1, 0.15) is 5.52 Å². The summed E-state index contributed by atoms with van der Waals surface area (Å²) in [6.07, 6.45) is 4.21. The maximum atomic E-state index is 11.6. The number of likely N-dealkylation sites (tertiary alicyclic amines) is 1. The van der Waals surface area contributed by atoms with Gasteiger partial charge in [-0.05, 0) is 43.7 Å². The predicted molar refractivity (Wildman–Crippen MR) is 105 cm³/mol. The lowest BCUT2D eigenvalue weighted by Gasteiger charge is -2.31. The summed E-state index contributed by atoms with van der Waals surface area (Å²) >= 11 is 0. The van der Waals surface area contributed by atoms with Gasteiger partial charge in [-0.1, -0.05) is 24.3 Å². The number of aromatic nitrogens is 2. The quantitative estimate of drug-likeness (QED) is 0.742. The topological polar surface area (TPSA) is 76.2 Å². The molecule has 0 saturated carbocycles. The van der Waals surface area contributed by atoms with Crippen molar-refractivity contribution in [2.24, 2.45) is 5.73 Å². The van der Waals surface area contributed by atoms with E-state index in [-0.39, 0.29) is 5.54 Å². The highest BCUT2D eigenvalue weighted by Crippen LogP contribution is 2.34. The summed E-state index contributed by atoms with van der Waals surface area (Å²) in [7, 11) is 2.22. The summed E-state index contributed by atoms with van der Waals surface area (Å²) in [5.74, 6) is -0.454. The average molecular weight is 361 g/mol. The minimum atomic E-state index is -0.454. The molecule has 1 aromatic heterocycles. The Kier molecular flexibility index (Phi) is 3.60. The van der Waals surface area contributed by atoms with E-state index in [9.17, 15) is 4.79 Å². The molecule has 1 amide bonds. The van der Waals surface area contributed by atoms with Crippen molar-refractivity contribution in [1.82, 2.24) is 20.0 Å². The molecule has 0 radical (unpaired) electrons. The molecule has 2 aromatic carbocycles. The normalized spacial score (nSPS) is 24.7. The van der Waals surface area contributed by atoms with E-state index in [1.54, 1.807) is 6.07 Å². The second-order valence-electron chi connectivity index (χ2n) is 7.96. The summed E-state index contributed by atoms with van der Waals surface area (Å²) in [5.41, 5.74) is 9.09. The molecule has 3 heterocycles. The van der Waals surface area contributed by atoms with Crippen LogP contribution in [0.2, 0.25) is 0 Å². The second-order valence-corrected chi connectivity index (χ2v) is 7.96. The summed E-state index contributed by atoms with van der Waals surface area (Å²) in [6, 6.07) is 14.7. The van der Waals surface area contributed by atoms with Gasteiger partial charge in [-0.3, -0.25) is 4.79 Å². The van der Waals surface area contributed by atoms with Gasteiger partial charge in [-0.15, -0.1) is 0 Å². The van der Waals surface area contributed by atoms with Crippen LogP contribution in [0, 0.1) is 0 Å². The van der Waals surface area contributed by atoms with E-state index in [0.717, 1.165) is 30.6 Å². The van der Waals surface area contributed by atoms with Crippen molar-refractivity contribution >= 4 is 16.8 Å². The Labute approximate surface area is 157 Å². The van der Waals surface area contributed by atoms with Crippen LogP contribution >= 0.6 is 0 Å². The zero-order chi connectivity index (χ0) is 18.6. The van der Waals surface area contributed by atoms with E-state index in [4.69, 9.17) is 5.73 Å². The number of piperazine rings is 1. The molecule has 2 fully saturated rings. The van der Waals surface area contributed by atoms with Crippen LogP contribution in [0.5, 0.6) is 0 Å².